The zero-order valence-electron chi connectivity index (χ0n) is 13.3. The van der Waals surface area contributed by atoms with E-state index < -0.39 is 0 Å². The van der Waals surface area contributed by atoms with Crippen LogP contribution in [0.15, 0.2) is 4.52 Å². The zero-order chi connectivity index (χ0) is 14.7. The minimum atomic E-state index is 0.305. The molecule has 5 heteroatoms. The van der Waals surface area contributed by atoms with E-state index in [2.05, 4.69) is 34.2 Å². The number of aromatic nitrogens is 2. The molecule has 21 heavy (non-hydrogen) atoms. The van der Waals surface area contributed by atoms with Crippen molar-refractivity contribution in [3.63, 3.8) is 0 Å². The Hall–Kier alpha value is -0.940. The summed E-state index contributed by atoms with van der Waals surface area (Å²) < 4.78 is 5.48. The van der Waals surface area contributed by atoms with Crippen molar-refractivity contribution in [3.8, 4) is 0 Å². The van der Waals surface area contributed by atoms with E-state index in [-0.39, 0.29) is 0 Å². The number of likely N-dealkylation sites (tertiary alicyclic amines) is 1. The fourth-order valence-electron chi connectivity index (χ4n) is 3.49. The Kier molecular flexibility index (Phi) is 4.91. The second kappa shape index (κ2) is 6.88. The van der Waals surface area contributed by atoms with Gasteiger partial charge in [-0.25, -0.2) is 0 Å². The zero-order valence-corrected chi connectivity index (χ0v) is 13.3. The van der Waals surface area contributed by atoms with E-state index in [1.54, 1.807) is 0 Å². The topological polar surface area (TPSA) is 54.2 Å². The maximum absolute atomic E-state index is 5.48. The van der Waals surface area contributed by atoms with Crippen LogP contribution in [0.4, 0.5) is 0 Å². The summed E-state index contributed by atoms with van der Waals surface area (Å²) in [6.45, 7) is 8.03. The molecule has 118 valence electrons. The van der Waals surface area contributed by atoms with Crippen LogP contribution in [0.25, 0.3) is 0 Å². The van der Waals surface area contributed by atoms with E-state index in [0.29, 0.717) is 18.0 Å². The molecule has 0 saturated carbocycles. The Labute approximate surface area is 127 Å². The number of hydrogen-bond acceptors (Lipinski definition) is 5. The molecule has 1 N–H and O–H groups in total. The van der Waals surface area contributed by atoms with Gasteiger partial charge in [-0.15, -0.1) is 0 Å². The Balaban J connectivity index is 1.51. The van der Waals surface area contributed by atoms with Crippen LogP contribution in [0, 0.1) is 5.92 Å². The summed E-state index contributed by atoms with van der Waals surface area (Å²) in [6.07, 6.45) is 7.09. The number of nitrogens with zero attached hydrogens (tertiary/aromatic N) is 3. The first-order valence-electron chi connectivity index (χ1n) is 8.52. The van der Waals surface area contributed by atoms with E-state index in [4.69, 9.17) is 4.52 Å². The lowest BCUT2D eigenvalue weighted by atomic mass is 9.93. The van der Waals surface area contributed by atoms with Crippen molar-refractivity contribution in [3.05, 3.63) is 11.7 Å². The maximum Gasteiger partial charge on any atom is 0.226 e. The summed E-state index contributed by atoms with van der Waals surface area (Å²) in [5, 5.41) is 7.67. The van der Waals surface area contributed by atoms with Crippen LogP contribution >= 0.6 is 0 Å². The molecule has 5 nitrogen and oxygen atoms in total. The van der Waals surface area contributed by atoms with E-state index in [9.17, 15) is 0 Å². The number of hydrogen-bond donors (Lipinski definition) is 1. The van der Waals surface area contributed by atoms with Crippen LogP contribution < -0.4 is 5.32 Å². The Morgan fingerprint density at radius 2 is 2.05 bits per heavy atom. The van der Waals surface area contributed by atoms with Gasteiger partial charge in [0.25, 0.3) is 0 Å². The van der Waals surface area contributed by atoms with Crippen LogP contribution in [0.5, 0.6) is 0 Å². The number of piperidine rings is 2. The minimum absolute atomic E-state index is 0.305. The van der Waals surface area contributed by atoms with Crippen LogP contribution in [0.3, 0.4) is 0 Å². The first-order valence-corrected chi connectivity index (χ1v) is 8.52. The molecule has 0 aromatic carbocycles. The van der Waals surface area contributed by atoms with E-state index in [1.165, 1.54) is 38.8 Å². The molecule has 0 amide bonds. The van der Waals surface area contributed by atoms with Gasteiger partial charge in [-0.2, -0.15) is 4.98 Å². The first kappa shape index (κ1) is 15.0. The summed E-state index contributed by atoms with van der Waals surface area (Å²) in [4.78, 5) is 7.19. The molecule has 0 spiro atoms. The van der Waals surface area contributed by atoms with Gasteiger partial charge < -0.3 is 14.7 Å². The van der Waals surface area contributed by atoms with E-state index in [0.717, 1.165) is 31.1 Å². The maximum atomic E-state index is 5.48. The molecule has 1 aromatic heterocycles. The summed E-state index contributed by atoms with van der Waals surface area (Å²) in [5.74, 6) is 2.40. The highest BCUT2D eigenvalue weighted by molar-refractivity contribution is 4.96. The second-order valence-corrected chi connectivity index (χ2v) is 6.83. The highest BCUT2D eigenvalue weighted by Gasteiger charge is 2.24. The Morgan fingerprint density at radius 3 is 2.71 bits per heavy atom. The summed E-state index contributed by atoms with van der Waals surface area (Å²) >= 11 is 0. The minimum Gasteiger partial charge on any atom is -0.339 e. The molecule has 2 aliphatic rings. The summed E-state index contributed by atoms with van der Waals surface area (Å²) in [6, 6.07) is 0.970. The molecule has 0 aliphatic carbocycles. The lowest BCUT2D eigenvalue weighted by Crippen LogP contribution is -2.38. The molecule has 2 saturated heterocycles. The highest BCUT2D eigenvalue weighted by atomic mass is 16.5. The van der Waals surface area contributed by atoms with Gasteiger partial charge in [0.05, 0.1) is 6.04 Å². The van der Waals surface area contributed by atoms with Gasteiger partial charge in [-0.3, -0.25) is 0 Å². The normalized spacial score (nSPS) is 25.6. The van der Waals surface area contributed by atoms with Gasteiger partial charge in [0.1, 0.15) is 0 Å². The molecule has 1 atom stereocenters. The fraction of sp³-hybridized carbons (Fsp3) is 0.875. The smallest absolute Gasteiger partial charge is 0.226 e. The van der Waals surface area contributed by atoms with Crippen molar-refractivity contribution in [1.82, 2.24) is 20.4 Å². The molecule has 3 heterocycles. The second-order valence-electron chi connectivity index (χ2n) is 6.83. The van der Waals surface area contributed by atoms with E-state index >= 15 is 0 Å². The van der Waals surface area contributed by atoms with Crippen LogP contribution in [0.1, 0.15) is 63.7 Å². The molecule has 1 unspecified atom stereocenters. The molecular weight excluding hydrogens is 264 g/mol. The van der Waals surface area contributed by atoms with Gasteiger partial charge in [-0.1, -0.05) is 11.6 Å². The van der Waals surface area contributed by atoms with Gasteiger partial charge in [-0.05, 0) is 65.1 Å². The molecule has 0 bridgehead atoms. The lowest BCUT2D eigenvalue weighted by Gasteiger charge is -2.34. The average Bonchev–Trinajstić information content (AvgIpc) is 2.97. The van der Waals surface area contributed by atoms with Crippen molar-refractivity contribution in [2.45, 2.75) is 64.5 Å². The molecule has 1 aromatic rings. The van der Waals surface area contributed by atoms with Crippen molar-refractivity contribution in [2.24, 2.45) is 5.92 Å². The average molecular weight is 292 g/mol. The Morgan fingerprint density at radius 1 is 1.24 bits per heavy atom. The predicted molar refractivity (Wildman–Crippen MR) is 82.0 cm³/mol. The third-order valence-corrected chi connectivity index (χ3v) is 4.95. The number of rotatable bonds is 4. The quantitative estimate of drug-likeness (QED) is 0.924. The van der Waals surface area contributed by atoms with Gasteiger partial charge >= 0.3 is 0 Å². The van der Waals surface area contributed by atoms with Crippen molar-refractivity contribution in [2.75, 3.05) is 19.6 Å². The molecule has 3 rings (SSSR count). The van der Waals surface area contributed by atoms with Crippen LogP contribution in [-0.2, 0) is 6.42 Å². The van der Waals surface area contributed by atoms with Gasteiger partial charge in [0.15, 0.2) is 5.82 Å². The largest absolute Gasteiger partial charge is 0.339 e. The van der Waals surface area contributed by atoms with E-state index in [1.807, 2.05) is 0 Å². The van der Waals surface area contributed by atoms with Crippen LogP contribution in [0.2, 0.25) is 0 Å². The van der Waals surface area contributed by atoms with Crippen LogP contribution in [-0.4, -0.2) is 40.7 Å². The van der Waals surface area contributed by atoms with Gasteiger partial charge in [0.2, 0.25) is 5.89 Å². The first-order chi connectivity index (χ1) is 10.2. The summed E-state index contributed by atoms with van der Waals surface area (Å²) in [7, 11) is 0. The van der Waals surface area contributed by atoms with Crippen molar-refractivity contribution < 1.29 is 4.52 Å². The predicted octanol–water partition coefficient (Wildman–Crippen LogP) is 2.55. The summed E-state index contributed by atoms with van der Waals surface area (Å²) in [5.41, 5.74) is 0. The molecule has 0 radical (unpaired) electrons. The lowest BCUT2D eigenvalue weighted by molar-refractivity contribution is 0.145. The molecule has 2 fully saturated rings. The number of nitrogens with one attached hydrogen (secondary N) is 1. The van der Waals surface area contributed by atoms with Gasteiger partial charge in [0, 0.05) is 12.5 Å². The molecular formula is C16H28N4O. The standard InChI is InChI=1S/C16H28N4O/c1-12(2)20-9-6-13(7-10-20)11-15-18-16(19-21-15)14-5-3-4-8-17-14/h12-14,17H,3-11H2,1-2H3. The highest BCUT2D eigenvalue weighted by Crippen LogP contribution is 2.24. The third kappa shape index (κ3) is 3.83. The van der Waals surface area contributed by atoms with Crippen molar-refractivity contribution in [1.29, 1.82) is 0 Å². The fourth-order valence-corrected chi connectivity index (χ4v) is 3.49. The molecule has 2 aliphatic heterocycles. The third-order valence-electron chi connectivity index (χ3n) is 4.95. The Bertz CT molecular complexity index is 431. The SMILES string of the molecule is CC(C)N1CCC(Cc2nc(C3CCCCN3)no2)CC1. The monoisotopic (exact) mass is 292 g/mol. The van der Waals surface area contributed by atoms with Crippen molar-refractivity contribution >= 4 is 0 Å².